The molecule has 0 radical (unpaired) electrons. The molecule has 12 heteroatoms. The van der Waals surface area contributed by atoms with Gasteiger partial charge in [0, 0.05) is 42.7 Å². The number of aryl methyl sites for hydroxylation is 1. The number of anilines is 2. The second-order valence-electron chi connectivity index (χ2n) is 9.53. The van der Waals surface area contributed by atoms with Gasteiger partial charge in [-0.1, -0.05) is 22.9 Å². The fraction of sp³-hybridized carbons (Fsp3) is 0.385. The number of pyridine rings is 2. The number of halogens is 1. The molecule has 10 nitrogen and oxygen atoms in total. The minimum Gasteiger partial charge on any atom is -0.494 e. The number of hydrogen-bond acceptors (Lipinski definition) is 10. The Morgan fingerprint density at radius 3 is 2.71 bits per heavy atom. The second kappa shape index (κ2) is 10.0. The molecule has 196 valence electrons. The zero-order valence-electron chi connectivity index (χ0n) is 21.0. The van der Waals surface area contributed by atoms with E-state index in [0.717, 1.165) is 56.9 Å². The maximum absolute atomic E-state index is 13.4. The lowest BCUT2D eigenvalue weighted by atomic mass is 9.89. The number of carbonyl (C=O) groups is 1. The Morgan fingerprint density at radius 2 is 1.95 bits per heavy atom. The monoisotopic (exact) mass is 551 g/mol. The van der Waals surface area contributed by atoms with E-state index in [1.54, 1.807) is 19.4 Å². The van der Waals surface area contributed by atoms with Crippen LogP contribution in [0, 0.1) is 6.92 Å². The lowest BCUT2D eigenvalue weighted by Gasteiger charge is -2.38. The van der Waals surface area contributed by atoms with Crippen LogP contribution >= 0.6 is 22.9 Å². The quantitative estimate of drug-likeness (QED) is 0.345. The first kappa shape index (κ1) is 24.9. The summed E-state index contributed by atoms with van der Waals surface area (Å²) in [6, 6.07) is 3.48. The first-order valence-corrected chi connectivity index (χ1v) is 13.6. The maximum atomic E-state index is 13.4. The summed E-state index contributed by atoms with van der Waals surface area (Å²) in [5.74, 6) is 0.955. The maximum Gasteiger partial charge on any atom is 0.259 e. The van der Waals surface area contributed by atoms with Crippen molar-refractivity contribution < 1.29 is 14.3 Å². The molecule has 2 fully saturated rings. The van der Waals surface area contributed by atoms with Gasteiger partial charge in [-0.05, 0) is 44.7 Å². The molecule has 1 spiro atoms. The third-order valence-electron chi connectivity index (χ3n) is 7.14. The van der Waals surface area contributed by atoms with Crippen molar-refractivity contribution in [2.24, 2.45) is 0 Å². The normalized spacial score (nSPS) is 16.8. The summed E-state index contributed by atoms with van der Waals surface area (Å²) in [5.41, 5.74) is 2.91. The summed E-state index contributed by atoms with van der Waals surface area (Å²) in [6.07, 6.45) is 9.10. The summed E-state index contributed by atoms with van der Waals surface area (Å²) < 4.78 is 11.5. The Labute approximate surface area is 228 Å². The van der Waals surface area contributed by atoms with Gasteiger partial charge in [0.25, 0.3) is 5.91 Å². The van der Waals surface area contributed by atoms with E-state index < -0.39 is 0 Å². The molecule has 1 N–H and O–H groups in total. The van der Waals surface area contributed by atoms with E-state index in [1.165, 1.54) is 23.7 Å². The number of rotatable bonds is 5. The number of nitrogens with zero attached hydrogens (tertiary/aromatic N) is 6. The van der Waals surface area contributed by atoms with Crippen molar-refractivity contribution in [2.45, 2.75) is 38.2 Å². The first-order chi connectivity index (χ1) is 18.4. The Bertz CT molecular complexity index is 1510. The van der Waals surface area contributed by atoms with Crippen LogP contribution in [0.2, 0.25) is 5.15 Å². The van der Waals surface area contributed by atoms with Gasteiger partial charge in [0.1, 0.15) is 16.7 Å². The third-order valence-corrected chi connectivity index (χ3v) is 8.20. The topological polar surface area (TPSA) is 115 Å². The highest BCUT2D eigenvalue weighted by Gasteiger charge is 2.38. The number of thiazole rings is 1. The van der Waals surface area contributed by atoms with Crippen molar-refractivity contribution in [3.63, 3.8) is 0 Å². The Hall–Kier alpha value is -3.41. The predicted octanol–water partition coefficient (Wildman–Crippen LogP) is 4.92. The van der Waals surface area contributed by atoms with E-state index in [9.17, 15) is 4.79 Å². The zero-order valence-corrected chi connectivity index (χ0v) is 22.6. The van der Waals surface area contributed by atoms with Crippen molar-refractivity contribution in [2.75, 3.05) is 37.0 Å². The SMILES string of the molecule is COc1cnc(Cl)cc1-c1cc(C)ncc1C(=O)Nc1nc2ncc(N3CCC4(CCCO4)CC3)nc2s1. The van der Waals surface area contributed by atoms with Gasteiger partial charge in [-0.2, -0.15) is 4.98 Å². The van der Waals surface area contributed by atoms with Gasteiger partial charge in [-0.3, -0.25) is 15.1 Å². The number of nitrogens with one attached hydrogen (secondary N) is 1. The van der Waals surface area contributed by atoms with E-state index in [2.05, 4.69) is 30.2 Å². The number of hydrogen-bond donors (Lipinski definition) is 1. The fourth-order valence-electron chi connectivity index (χ4n) is 5.13. The highest BCUT2D eigenvalue weighted by atomic mass is 35.5. The Morgan fingerprint density at radius 1 is 1.11 bits per heavy atom. The van der Waals surface area contributed by atoms with Crippen LogP contribution in [0.25, 0.3) is 21.6 Å². The average Bonchev–Trinajstić information content (AvgIpc) is 3.55. The molecule has 6 heterocycles. The molecule has 0 bridgehead atoms. The van der Waals surface area contributed by atoms with Crippen molar-refractivity contribution >= 4 is 50.3 Å². The highest BCUT2D eigenvalue weighted by Crippen LogP contribution is 2.37. The van der Waals surface area contributed by atoms with Crippen molar-refractivity contribution in [3.8, 4) is 16.9 Å². The van der Waals surface area contributed by atoms with Crippen LogP contribution < -0.4 is 15.0 Å². The summed E-state index contributed by atoms with van der Waals surface area (Å²) in [5, 5.41) is 3.59. The summed E-state index contributed by atoms with van der Waals surface area (Å²) in [4.78, 5) is 38.5. The first-order valence-electron chi connectivity index (χ1n) is 12.4. The van der Waals surface area contributed by atoms with Gasteiger partial charge in [0.2, 0.25) is 0 Å². The van der Waals surface area contributed by atoms with E-state index in [0.29, 0.717) is 43.2 Å². The molecular weight excluding hydrogens is 526 g/mol. The highest BCUT2D eigenvalue weighted by molar-refractivity contribution is 7.21. The van der Waals surface area contributed by atoms with Crippen LogP contribution in [0.4, 0.5) is 10.9 Å². The molecule has 4 aromatic rings. The minimum absolute atomic E-state index is 0.0469. The zero-order chi connectivity index (χ0) is 26.3. The summed E-state index contributed by atoms with van der Waals surface area (Å²) in [7, 11) is 1.54. The van der Waals surface area contributed by atoms with Crippen LogP contribution in [0.3, 0.4) is 0 Å². The molecule has 2 aliphatic heterocycles. The van der Waals surface area contributed by atoms with Crippen LogP contribution in [0.5, 0.6) is 5.75 Å². The van der Waals surface area contributed by atoms with E-state index >= 15 is 0 Å². The van der Waals surface area contributed by atoms with Crippen molar-refractivity contribution in [3.05, 3.63) is 47.1 Å². The number of ether oxygens (including phenoxy) is 2. The number of fused-ring (bicyclic) bond motifs is 1. The largest absolute Gasteiger partial charge is 0.494 e. The molecule has 0 saturated carbocycles. The van der Waals surface area contributed by atoms with Gasteiger partial charge in [-0.15, -0.1) is 0 Å². The molecule has 0 unspecified atom stereocenters. The second-order valence-corrected chi connectivity index (χ2v) is 10.9. The van der Waals surface area contributed by atoms with Gasteiger partial charge < -0.3 is 14.4 Å². The molecule has 4 aromatic heterocycles. The lowest BCUT2D eigenvalue weighted by molar-refractivity contribution is -0.0147. The smallest absolute Gasteiger partial charge is 0.259 e. The molecule has 38 heavy (non-hydrogen) atoms. The van der Waals surface area contributed by atoms with Crippen LogP contribution in [-0.2, 0) is 4.74 Å². The van der Waals surface area contributed by atoms with Gasteiger partial charge in [0.05, 0.1) is 30.7 Å². The molecule has 2 aliphatic rings. The van der Waals surface area contributed by atoms with Crippen molar-refractivity contribution in [1.82, 2.24) is 24.9 Å². The molecular formula is C26H26ClN7O3S. The molecule has 0 aliphatic carbocycles. The van der Waals surface area contributed by atoms with Crippen molar-refractivity contribution in [1.29, 1.82) is 0 Å². The summed E-state index contributed by atoms with van der Waals surface area (Å²) >= 11 is 7.44. The number of aromatic nitrogens is 5. The van der Waals surface area contributed by atoms with Crippen LogP contribution in [-0.4, -0.2) is 63.2 Å². The molecule has 1 amide bonds. The number of amides is 1. The Kier molecular flexibility index (Phi) is 6.58. The summed E-state index contributed by atoms with van der Waals surface area (Å²) in [6.45, 7) is 4.49. The van der Waals surface area contributed by atoms with Gasteiger partial charge in [-0.25, -0.2) is 15.0 Å². The lowest BCUT2D eigenvalue weighted by Crippen LogP contribution is -2.44. The van der Waals surface area contributed by atoms with Crippen LogP contribution in [0.1, 0.15) is 41.7 Å². The van der Waals surface area contributed by atoms with Gasteiger partial charge >= 0.3 is 0 Å². The third kappa shape index (κ3) is 4.77. The average molecular weight is 552 g/mol. The van der Waals surface area contributed by atoms with E-state index in [4.69, 9.17) is 26.1 Å². The number of piperidine rings is 1. The minimum atomic E-state index is -0.361. The molecule has 0 aromatic carbocycles. The van der Waals surface area contributed by atoms with E-state index in [1.807, 2.05) is 13.0 Å². The fourth-order valence-corrected chi connectivity index (χ4v) is 6.08. The van der Waals surface area contributed by atoms with Gasteiger partial charge in [0.15, 0.2) is 15.6 Å². The van der Waals surface area contributed by atoms with Crippen LogP contribution in [0.15, 0.2) is 30.7 Å². The Balaban J connectivity index is 1.24. The predicted molar refractivity (Wildman–Crippen MR) is 146 cm³/mol. The molecule has 0 atom stereocenters. The van der Waals surface area contributed by atoms with E-state index in [-0.39, 0.29) is 11.5 Å². The number of methoxy groups -OCH3 is 1. The molecule has 6 rings (SSSR count). The standard InChI is InChI=1S/C26H26ClN7O3S/c1-15-10-16(17-11-20(27)29-13-19(17)36-2)18(12-28-15)23(35)33-25-32-22-24(38-25)31-21(14-30-22)34-7-5-26(6-8-34)4-3-9-37-26/h10-14H,3-9H2,1-2H3,(H,30,32,33,35). The number of carbonyl (C=O) groups excluding carboxylic acids is 1. The molecule has 2 saturated heterocycles.